The smallest absolute Gasteiger partial charge is 0.0621 e. The summed E-state index contributed by atoms with van der Waals surface area (Å²) < 4.78 is 0. The molecule has 0 radical (unpaired) electrons. The van der Waals surface area contributed by atoms with Crippen LogP contribution in [0, 0.1) is 35.0 Å². The predicted molar refractivity (Wildman–Crippen MR) is 177 cm³/mol. The van der Waals surface area contributed by atoms with Crippen LogP contribution in [0.5, 0.6) is 0 Å². The summed E-state index contributed by atoms with van der Waals surface area (Å²) >= 11 is 0. The molecule has 0 aliphatic heterocycles. The second kappa shape index (κ2) is 30.4. The summed E-state index contributed by atoms with van der Waals surface area (Å²) in [6, 6.07) is 2.24. The van der Waals surface area contributed by atoms with Gasteiger partial charge in [0.1, 0.15) is 0 Å². The first kappa shape index (κ1) is 38.5. The van der Waals surface area contributed by atoms with Gasteiger partial charge >= 0.3 is 0 Å². The SMILES string of the molecule is CCCC(C)CCCC(C)CCCC(C)CCCC(C)CCCCCCCCCCCCCCCCCC#N. The van der Waals surface area contributed by atoms with E-state index in [9.17, 15) is 0 Å². The lowest BCUT2D eigenvalue weighted by Gasteiger charge is -2.16. The molecule has 4 unspecified atom stereocenters. The van der Waals surface area contributed by atoms with Crippen LogP contribution in [0.1, 0.15) is 214 Å². The van der Waals surface area contributed by atoms with Gasteiger partial charge in [-0.05, 0) is 30.1 Å². The van der Waals surface area contributed by atoms with E-state index in [1.54, 1.807) is 0 Å². The molecule has 232 valence electrons. The van der Waals surface area contributed by atoms with E-state index in [0.29, 0.717) is 0 Å². The fourth-order valence-corrected chi connectivity index (χ4v) is 6.51. The van der Waals surface area contributed by atoms with E-state index < -0.39 is 0 Å². The van der Waals surface area contributed by atoms with E-state index in [0.717, 1.165) is 36.5 Å². The molecule has 0 saturated heterocycles. The molecule has 0 aliphatic carbocycles. The maximum Gasteiger partial charge on any atom is 0.0621 e. The minimum Gasteiger partial charge on any atom is -0.198 e. The van der Waals surface area contributed by atoms with Crippen molar-refractivity contribution >= 4 is 0 Å². The topological polar surface area (TPSA) is 23.8 Å². The first-order valence-corrected chi connectivity index (χ1v) is 18.4. The molecule has 39 heavy (non-hydrogen) atoms. The van der Waals surface area contributed by atoms with Gasteiger partial charge in [-0.15, -0.1) is 0 Å². The molecule has 0 fully saturated rings. The fraction of sp³-hybridized carbons (Fsp3) is 0.974. The third-order valence-electron chi connectivity index (χ3n) is 9.45. The highest BCUT2D eigenvalue weighted by atomic mass is 14.2. The van der Waals surface area contributed by atoms with Gasteiger partial charge in [-0.3, -0.25) is 0 Å². The molecule has 0 aromatic heterocycles. The van der Waals surface area contributed by atoms with Crippen LogP contribution in [-0.4, -0.2) is 0 Å². The van der Waals surface area contributed by atoms with E-state index in [4.69, 9.17) is 5.26 Å². The number of hydrogen-bond donors (Lipinski definition) is 0. The Hall–Kier alpha value is -0.510. The standard InChI is InChI=1S/C38H75N/c1-6-26-35(2)28-23-30-37(4)32-25-33-38(5)31-24-29-36(3)27-21-19-17-15-13-11-9-7-8-10-12-14-16-18-20-22-34-39/h35-38H,6-33H2,1-5H3. The van der Waals surface area contributed by atoms with Crippen molar-refractivity contribution in [2.75, 3.05) is 0 Å². The summed E-state index contributed by atoms with van der Waals surface area (Å²) in [5.74, 6) is 3.74. The molecule has 0 aliphatic rings. The Morgan fingerprint density at radius 2 is 0.615 bits per heavy atom. The Bertz CT molecular complexity index is 505. The van der Waals surface area contributed by atoms with Crippen molar-refractivity contribution in [2.24, 2.45) is 23.7 Å². The highest BCUT2D eigenvalue weighted by Crippen LogP contribution is 2.24. The second-order valence-corrected chi connectivity index (χ2v) is 14.0. The van der Waals surface area contributed by atoms with Crippen LogP contribution in [0.3, 0.4) is 0 Å². The molecule has 0 aromatic rings. The van der Waals surface area contributed by atoms with Gasteiger partial charge < -0.3 is 0 Å². The number of rotatable bonds is 31. The Balaban J connectivity index is 3.37. The first-order valence-electron chi connectivity index (χ1n) is 18.4. The van der Waals surface area contributed by atoms with Crippen LogP contribution in [0.4, 0.5) is 0 Å². The van der Waals surface area contributed by atoms with Gasteiger partial charge in [0.15, 0.2) is 0 Å². The molecule has 0 aromatic carbocycles. The zero-order chi connectivity index (χ0) is 28.8. The summed E-state index contributed by atoms with van der Waals surface area (Å²) in [6.07, 6.45) is 39.0. The lowest BCUT2D eigenvalue weighted by Crippen LogP contribution is -2.02. The van der Waals surface area contributed by atoms with Crippen molar-refractivity contribution in [3.8, 4) is 6.07 Å². The van der Waals surface area contributed by atoms with Crippen LogP contribution in [0.2, 0.25) is 0 Å². The van der Waals surface area contributed by atoms with Crippen LogP contribution < -0.4 is 0 Å². The van der Waals surface area contributed by atoms with Crippen LogP contribution in [-0.2, 0) is 0 Å². The van der Waals surface area contributed by atoms with Gasteiger partial charge in [0, 0.05) is 6.42 Å². The summed E-state index contributed by atoms with van der Waals surface area (Å²) in [5.41, 5.74) is 0. The van der Waals surface area contributed by atoms with E-state index >= 15 is 0 Å². The minimum absolute atomic E-state index is 0.747. The van der Waals surface area contributed by atoms with Crippen LogP contribution >= 0.6 is 0 Å². The number of unbranched alkanes of at least 4 members (excludes halogenated alkanes) is 15. The van der Waals surface area contributed by atoms with E-state index in [-0.39, 0.29) is 0 Å². The number of nitrogens with zero attached hydrogens (tertiary/aromatic N) is 1. The molecular formula is C38H75N. The summed E-state index contributed by atoms with van der Waals surface area (Å²) in [4.78, 5) is 0. The van der Waals surface area contributed by atoms with Gasteiger partial charge in [0.2, 0.25) is 0 Å². The van der Waals surface area contributed by atoms with Gasteiger partial charge in [0.25, 0.3) is 0 Å². The lowest BCUT2D eigenvalue weighted by atomic mass is 9.90. The van der Waals surface area contributed by atoms with E-state index in [1.165, 1.54) is 167 Å². The largest absolute Gasteiger partial charge is 0.198 e. The molecule has 0 spiro atoms. The van der Waals surface area contributed by atoms with Gasteiger partial charge in [0.05, 0.1) is 6.07 Å². The third kappa shape index (κ3) is 30.3. The number of hydrogen-bond acceptors (Lipinski definition) is 1. The lowest BCUT2D eigenvalue weighted by molar-refractivity contribution is 0.366. The van der Waals surface area contributed by atoms with E-state index in [2.05, 4.69) is 40.7 Å². The highest BCUT2D eigenvalue weighted by molar-refractivity contribution is 4.67. The Kier molecular flexibility index (Phi) is 30.1. The van der Waals surface area contributed by atoms with Crippen molar-refractivity contribution in [3.05, 3.63) is 0 Å². The first-order chi connectivity index (χ1) is 19.0. The van der Waals surface area contributed by atoms with Gasteiger partial charge in [-0.2, -0.15) is 5.26 Å². The Morgan fingerprint density at radius 3 is 0.923 bits per heavy atom. The minimum atomic E-state index is 0.747. The zero-order valence-corrected chi connectivity index (χ0v) is 28.1. The molecule has 0 heterocycles. The molecule has 0 rings (SSSR count). The van der Waals surface area contributed by atoms with Crippen molar-refractivity contribution in [1.82, 2.24) is 0 Å². The van der Waals surface area contributed by atoms with Crippen molar-refractivity contribution < 1.29 is 0 Å². The maximum absolute atomic E-state index is 8.55. The maximum atomic E-state index is 8.55. The van der Waals surface area contributed by atoms with Gasteiger partial charge in [-0.1, -0.05) is 202 Å². The average Bonchev–Trinajstić information content (AvgIpc) is 2.90. The summed E-state index contributed by atoms with van der Waals surface area (Å²) in [5, 5.41) is 8.55. The van der Waals surface area contributed by atoms with Crippen molar-refractivity contribution in [1.29, 1.82) is 5.26 Å². The highest BCUT2D eigenvalue weighted by Gasteiger charge is 2.09. The molecule has 0 bridgehead atoms. The molecular weight excluding hydrogens is 470 g/mol. The molecule has 1 nitrogen and oxygen atoms in total. The van der Waals surface area contributed by atoms with Crippen LogP contribution in [0.25, 0.3) is 0 Å². The second-order valence-electron chi connectivity index (χ2n) is 14.0. The average molecular weight is 546 g/mol. The molecule has 1 heteroatoms. The molecule has 0 amide bonds. The normalized spacial score (nSPS) is 14.7. The molecule has 0 saturated carbocycles. The molecule has 4 atom stereocenters. The summed E-state index contributed by atoms with van der Waals surface area (Å²) in [7, 11) is 0. The Labute approximate surface area is 249 Å². The fourth-order valence-electron chi connectivity index (χ4n) is 6.51. The predicted octanol–water partition coefficient (Wildman–Crippen LogP) is 14.0. The quantitative estimate of drug-likeness (QED) is 0.0794. The van der Waals surface area contributed by atoms with Crippen LogP contribution in [0.15, 0.2) is 0 Å². The zero-order valence-electron chi connectivity index (χ0n) is 28.1. The summed E-state index contributed by atoms with van der Waals surface area (Å²) in [6.45, 7) is 12.3. The third-order valence-corrected chi connectivity index (χ3v) is 9.45. The Morgan fingerprint density at radius 1 is 0.359 bits per heavy atom. The monoisotopic (exact) mass is 546 g/mol. The van der Waals surface area contributed by atoms with E-state index in [1.807, 2.05) is 0 Å². The number of nitriles is 1. The van der Waals surface area contributed by atoms with Crippen molar-refractivity contribution in [3.63, 3.8) is 0 Å². The van der Waals surface area contributed by atoms with Gasteiger partial charge in [-0.25, -0.2) is 0 Å². The van der Waals surface area contributed by atoms with Crippen molar-refractivity contribution in [2.45, 2.75) is 214 Å². The molecule has 0 N–H and O–H groups in total.